The maximum Gasteiger partial charge on any atom is 0.0582 e. The van der Waals surface area contributed by atoms with Gasteiger partial charge in [0.2, 0.25) is 0 Å². The Kier molecular flexibility index (Phi) is 3.14. The van der Waals surface area contributed by atoms with Crippen molar-refractivity contribution < 1.29 is 0 Å². The number of anilines is 2. The highest BCUT2D eigenvalue weighted by Crippen LogP contribution is 2.27. The van der Waals surface area contributed by atoms with Gasteiger partial charge in [-0.05, 0) is 36.4 Å². The van der Waals surface area contributed by atoms with E-state index in [1.165, 1.54) is 0 Å². The molecule has 3 heteroatoms. The standard InChI is InChI=1S/C12H9Cl2N/c13-10-6-8-12(9-7-10)15(14)11-4-2-1-3-5-11/h1-9H. The molecule has 0 heterocycles. The third kappa shape index (κ3) is 2.44. The summed E-state index contributed by atoms with van der Waals surface area (Å²) in [5, 5.41) is 0.705. The highest BCUT2D eigenvalue weighted by molar-refractivity contribution is 6.31. The Balaban J connectivity index is 2.29. The number of hydrogen-bond acceptors (Lipinski definition) is 1. The van der Waals surface area contributed by atoms with E-state index in [-0.39, 0.29) is 0 Å². The van der Waals surface area contributed by atoms with Crippen molar-refractivity contribution in [2.24, 2.45) is 0 Å². The van der Waals surface area contributed by atoms with E-state index in [2.05, 4.69) is 0 Å². The van der Waals surface area contributed by atoms with E-state index in [9.17, 15) is 0 Å². The molecule has 0 aliphatic carbocycles. The first kappa shape index (κ1) is 10.3. The van der Waals surface area contributed by atoms with Crippen LogP contribution in [0.1, 0.15) is 0 Å². The Labute approximate surface area is 99.0 Å². The minimum atomic E-state index is 0.705. The minimum Gasteiger partial charge on any atom is -0.254 e. The highest BCUT2D eigenvalue weighted by Gasteiger charge is 2.04. The fourth-order valence-corrected chi connectivity index (χ4v) is 1.63. The van der Waals surface area contributed by atoms with Crippen molar-refractivity contribution >= 4 is 34.8 Å². The van der Waals surface area contributed by atoms with Crippen LogP contribution in [0.5, 0.6) is 0 Å². The molecule has 0 radical (unpaired) electrons. The minimum absolute atomic E-state index is 0.705. The molecule has 0 spiro atoms. The van der Waals surface area contributed by atoms with Crippen LogP contribution in [0.3, 0.4) is 0 Å². The van der Waals surface area contributed by atoms with Crippen molar-refractivity contribution in [3.05, 3.63) is 59.6 Å². The van der Waals surface area contributed by atoms with Crippen LogP contribution in [0.25, 0.3) is 0 Å². The molecule has 0 amide bonds. The predicted molar refractivity (Wildman–Crippen MR) is 65.9 cm³/mol. The Hall–Kier alpha value is -1.18. The maximum atomic E-state index is 6.17. The molecule has 2 aromatic carbocycles. The summed E-state index contributed by atoms with van der Waals surface area (Å²) < 4.78 is 1.59. The lowest BCUT2D eigenvalue weighted by molar-refractivity contribution is 1.42. The molecule has 0 aliphatic heterocycles. The summed E-state index contributed by atoms with van der Waals surface area (Å²) in [7, 11) is 0. The third-order valence-electron chi connectivity index (χ3n) is 2.04. The van der Waals surface area contributed by atoms with Crippen molar-refractivity contribution in [1.82, 2.24) is 0 Å². The number of hydrogen-bond donors (Lipinski definition) is 0. The highest BCUT2D eigenvalue weighted by atomic mass is 35.5. The molecule has 15 heavy (non-hydrogen) atoms. The van der Waals surface area contributed by atoms with Crippen LogP contribution in [0.4, 0.5) is 11.4 Å². The van der Waals surface area contributed by atoms with E-state index in [0.29, 0.717) is 5.02 Å². The Morgan fingerprint density at radius 1 is 0.733 bits per heavy atom. The zero-order chi connectivity index (χ0) is 10.7. The van der Waals surface area contributed by atoms with E-state index in [1.807, 2.05) is 54.6 Å². The second-order valence-corrected chi connectivity index (χ2v) is 3.87. The molecule has 0 atom stereocenters. The molecule has 1 nitrogen and oxygen atoms in total. The maximum absolute atomic E-state index is 6.17. The monoisotopic (exact) mass is 237 g/mol. The van der Waals surface area contributed by atoms with Crippen molar-refractivity contribution in [2.75, 3.05) is 4.42 Å². The average molecular weight is 238 g/mol. The second kappa shape index (κ2) is 4.56. The zero-order valence-electron chi connectivity index (χ0n) is 7.90. The van der Waals surface area contributed by atoms with Crippen LogP contribution in [-0.2, 0) is 0 Å². The molecule has 0 saturated heterocycles. The molecular formula is C12H9Cl2N. The lowest BCUT2D eigenvalue weighted by atomic mass is 10.3. The van der Waals surface area contributed by atoms with Gasteiger partial charge in [0.05, 0.1) is 11.4 Å². The van der Waals surface area contributed by atoms with Crippen LogP contribution in [0, 0.1) is 0 Å². The topological polar surface area (TPSA) is 3.24 Å². The van der Waals surface area contributed by atoms with Gasteiger partial charge >= 0.3 is 0 Å². The smallest absolute Gasteiger partial charge is 0.0582 e. The normalized spacial score (nSPS) is 10.0. The van der Waals surface area contributed by atoms with E-state index < -0.39 is 0 Å². The number of para-hydroxylation sites is 1. The molecule has 0 saturated carbocycles. The summed E-state index contributed by atoms with van der Waals surface area (Å²) in [4.78, 5) is 0. The van der Waals surface area contributed by atoms with Crippen LogP contribution >= 0.6 is 23.4 Å². The summed E-state index contributed by atoms with van der Waals surface area (Å²) in [5.41, 5.74) is 1.83. The van der Waals surface area contributed by atoms with Gasteiger partial charge in [0.25, 0.3) is 0 Å². The van der Waals surface area contributed by atoms with Crippen molar-refractivity contribution in [3.63, 3.8) is 0 Å². The molecule has 76 valence electrons. The van der Waals surface area contributed by atoms with E-state index in [4.69, 9.17) is 23.4 Å². The fourth-order valence-electron chi connectivity index (χ4n) is 1.28. The van der Waals surface area contributed by atoms with Crippen LogP contribution < -0.4 is 4.42 Å². The predicted octanol–water partition coefficient (Wildman–Crippen LogP) is 4.63. The Morgan fingerprint density at radius 3 is 1.87 bits per heavy atom. The largest absolute Gasteiger partial charge is 0.254 e. The molecule has 0 unspecified atom stereocenters. The van der Waals surface area contributed by atoms with Gasteiger partial charge in [0.1, 0.15) is 0 Å². The van der Waals surface area contributed by atoms with Gasteiger partial charge in [0.15, 0.2) is 0 Å². The third-order valence-corrected chi connectivity index (χ3v) is 2.68. The van der Waals surface area contributed by atoms with Gasteiger partial charge in [-0.3, -0.25) is 4.42 Å². The Morgan fingerprint density at radius 2 is 1.27 bits per heavy atom. The van der Waals surface area contributed by atoms with Gasteiger partial charge in [-0.2, -0.15) is 0 Å². The molecule has 0 aromatic heterocycles. The fraction of sp³-hybridized carbons (Fsp3) is 0. The van der Waals surface area contributed by atoms with Crippen molar-refractivity contribution in [3.8, 4) is 0 Å². The van der Waals surface area contributed by atoms with Crippen molar-refractivity contribution in [2.45, 2.75) is 0 Å². The van der Waals surface area contributed by atoms with Crippen LogP contribution in [0.15, 0.2) is 54.6 Å². The SMILES string of the molecule is Clc1ccc(N(Cl)c2ccccc2)cc1. The molecule has 0 fully saturated rings. The number of nitrogens with zero attached hydrogens (tertiary/aromatic N) is 1. The first-order valence-corrected chi connectivity index (χ1v) is 5.25. The lowest BCUT2D eigenvalue weighted by Crippen LogP contribution is -2.00. The molecule has 2 aromatic rings. The summed E-state index contributed by atoms with van der Waals surface area (Å²) in [5.74, 6) is 0. The lowest BCUT2D eigenvalue weighted by Gasteiger charge is -2.15. The van der Waals surface area contributed by atoms with Gasteiger partial charge in [-0.1, -0.05) is 29.8 Å². The molecular weight excluding hydrogens is 229 g/mol. The molecule has 2 rings (SSSR count). The number of benzene rings is 2. The Bertz CT molecular complexity index is 425. The summed E-state index contributed by atoms with van der Waals surface area (Å²) in [6, 6.07) is 17.1. The summed E-state index contributed by atoms with van der Waals surface area (Å²) in [6.07, 6.45) is 0. The average Bonchev–Trinajstić information content (AvgIpc) is 2.30. The second-order valence-electron chi connectivity index (χ2n) is 3.09. The van der Waals surface area contributed by atoms with E-state index in [1.54, 1.807) is 4.42 Å². The quantitative estimate of drug-likeness (QED) is 0.689. The van der Waals surface area contributed by atoms with E-state index >= 15 is 0 Å². The molecule has 0 bridgehead atoms. The van der Waals surface area contributed by atoms with Crippen LogP contribution in [0.2, 0.25) is 5.02 Å². The van der Waals surface area contributed by atoms with Gasteiger partial charge in [0, 0.05) is 16.8 Å². The first-order valence-electron chi connectivity index (χ1n) is 4.54. The van der Waals surface area contributed by atoms with Gasteiger partial charge in [-0.15, -0.1) is 0 Å². The van der Waals surface area contributed by atoms with Crippen molar-refractivity contribution in [1.29, 1.82) is 0 Å². The summed E-state index contributed by atoms with van der Waals surface area (Å²) >= 11 is 12.0. The first-order chi connectivity index (χ1) is 7.27. The number of halogens is 2. The molecule has 0 N–H and O–H groups in total. The van der Waals surface area contributed by atoms with Gasteiger partial charge < -0.3 is 0 Å². The van der Waals surface area contributed by atoms with E-state index in [0.717, 1.165) is 11.4 Å². The number of rotatable bonds is 2. The van der Waals surface area contributed by atoms with Crippen LogP contribution in [-0.4, -0.2) is 0 Å². The van der Waals surface area contributed by atoms with Gasteiger partial charge in [-0.25, -0.2) is 0 Å². The molecule has 0 aliphatic rings. The summed E-state index contributed by atoms with van der Waals surface area (Å²) in [6.45, 7) is 0. The zero-order valence-corrected chi connectivity index (χ0v) is 9.41.